The molecule has 2 aromatic rings. The van der Waals surface area contributed by atoms with E-state index in [0.29, 0.717) is 11.6 Å². The number of hydrogen-bond donors (Lipinski definition) is 1. The number of rotatable bonds is 7. The molecule has 1 aliphatic carbocycles. The predicted molar refractivity (Wildman–Crippen MR) is 127 cm³/mol. The van der Waals surface area contributed by atoms with E-state index in [-0.39, 0.29) is 18.4 Å². The summed E-state index contributed by atoms with van der Waals surface area (Å²) in [4.78, 5) is 30.1. The van der Waals surface area contributed by atoms with E-state index in [1.807, 2.05) is 55.5 Å². The zero-order chi connectivity index (χ0) is 22.6. The number of nitrogens with zero attached hydrogens (tertiary/aromatic N) is 2. The molecule has 1 saturated heterocycles. The molecule has 2 fully saturated rings. The molecule has 2 aromatic carbocycles. The Morgan fingerprint density at radius 2 is 1.72 bits per heavy atom. The average Bonchev–Trinajstić information content (AvgIpc) is 2.79. The third-order valence-electron chi connectivity index (χ3n) is 6.54. The van der Waals surface area contributed by atoms with E-state index in [2.05, 4.69) is 10.2 Å². The molecule has 7 heteroatoms. The van der Waals surface area contributed by atoms with E-state index < -0.39 is 5.41 Å². The van der Waals surface area contributed by atoms with Crippen LogP contribution in [0.4, 0.5) is 11.4 Å². The molecule has 2 aliphatic rings. The summed E-state index contributed by atoms with van der Waals surface area (Å²) in [6.07, 6.45) is 2.61. The van der Waals surface area contributed by atoms with E-state index in [4.69, 9.17) is 16.3 Å². The van der Waals surface area contributed by atoms with Crippen LogP contribution in [-0.2, 0) is 19.7 Å². The largest absolute Gasteiger partial charge is 0.378 e. The molecule has 1 saturated carbocycles. The Labute approximate surface area is 194 Å². The Hall–Kier alpha value is -2.57. The lowest BCUT2D eigenvalue weighted by Gasteiger charge is -2.43. The number of amides is 2. The van der Waals surface area contributed by atoms with Crippen molar-refractivity contribution < 1.29 is 14.3 Å². The molecule has 32 heavy (non-hydrogen) atoms. The van der Waals surface area contributed by atoms with E-state index in [1.54, 1.807) is 4.90 Å². The van der Waals surface area contributed by atoms with Gasteiger partial charge in [0.25, 0.3) is 0 Å². The first-order chi connectivity index (χ1) is 15.5. The minimum absolute atomic E-state index is 0.0198. The number of hydrogen-bond acceptors (Lipinski definition) is 4. The quantitative estimate of drug-likeness (QED) is 0.683. The Morgan fingerprint density at radius 1 is 1.06 bits per heavy atom. The van der Waals surface area contributed by atoms with E-state index >= 15 is 0 Å². The monoisotopic (exact) mass is 455 g/mol. The van der Waals surface area contributed by atoms with Crippen LogP contribution >= 0.6 is 11.6 Å². The second-order valence-corrected chi connectivity index (χ2v) is 8.89. The van der Waals surface area contributed by atoms with Gasteiger partial charge in [0.2, 0.25) is 11.8 Å². The summed E-state index contributed by atoms with van der Waals surface area (Å²) in [5.74, 6) is -0.170. The average molecular weight is 456 g/mol. The van der Waals surface area contributed by atoms with Gasteiger partial charge in [0.1, 0.15) is 0 Å². The van der Waals surface area contributed by atoms with Crippen molar-refractivity contribution in [2.75, 3.05) is 49.6 Å². The lowest BCUT2D eigenvalue weighted by atomic mass is 9.63. The second-order valence-electron chi connectivity index (χ2n) is 8.46. The summed E-state index contributed by atoms with van der Waals surface area (Å²) in [6, 6.07) is 15.3. The van der Waals surface area contributed by atoms with Crippen LogP contribution in [-0.4, -0.2) is 56.1 Å². The SMILES string of the molecule is CCN(CC(=O)Nc1ccc(N2CCOCC2)cc1)C(=O)C1(c2ccc(Cl)cc2)CCC1. The highest BCUT2D eigenvalue weighted by atomic mass is 35.5. The fourth-order valence-electron chi connectivity index (χ4n) is 4.51. The second kappa shape index (κ2) is 9.92. The Morgan fingerprint density at radius 3 is 2.28 bits per heavy atom. The predicted octanol–water partition coefficient (Wildman–Crippen LogP) is 4.09. The van der Waals surface area contributed by atoms with E-state index in [9.17, 15) is 9.59 Å². The van der Waals surface area contributed by atoms with Crippen LogP contribution in [0.15, 0.2) is 48.5 Å². The normalized spacial score (nSPS) is 17.4. The van der Waals surface area contributed by atoms with Crippen LogP contribution in [0.3, 0.4) is 0 Å². The number of morpholine rings is 1. The fourth-order valence-corrected chi connectivity index (χ4v) is 4.63. The molecule has 1 N–H and O–H groups in total. The number of halogens is 1. The third-order valence-corrected chi connectivity index (χ3v) is 6.80. The molecule has 1 heterocycles. The van der Waals surface area contributed by atoms with Crippen molar-refractivity contribution in [2.24, 2.45) is 0 Å². The van der Waals surface area contributed by atoms with Gasteiger partial charge in [-0.2, -0.15) is 0 Å². The number of carbonyl (C=O) groups excluding carboxylic acids is 2. The van der Waals surface area contributed by atoms with Crippen molar-refractivity contribution in [3.63, 3.8) is 0 Å². The molecular formula is C25H30ClN3O3. The molecule has 0 aromatic heterocycles. The lowest BCUT2D eigenvalue weighted by molar-refractivity contribution is -0.143. The fraction of sp³-hybridized carbons (Fsp3) is 0.440. The molecule has 2 amide bonds. The van der Waals surface area contributed by atoms with Crippen molar-refractivity contribution in [3.05, 3.63) is 59.1 Å². The minimum atomic E-state index is -0.541. The van der Waals surface area contributed by atoms with E-state index in [0.717, 1.165) is 62.5 Å². The van der Waals surface area contributed by atoms with Crippen molar-refractivity contribution in [1.29, 1.82) is 0 Å². The van der Waals surface area contributed by atoms with Crippen molar-refractivity contribution in [2.45, 2.75) is 31.6 Å². The molecule has 0 bridgehead atoms. The molecule has 170 valence electrons. The summed E-state index contributed by atoms with van der Waals surface area (Å²) in [7, 11) is 0. The van der Waals surface area contributed by atoms with Gasteiger partial charge in [-0.3, -0.25) is 9.59 Å². The molecule has 1 aliphatic heterocycles. The first-order valence-electron chi connectivity index (χ1n) is 11.3. The smallest absolute Gasteiger partial charge is 0.243 e. The molecular weight excluding hydrogens is 426 g/mol. The molecule has 0 atom stereocenters. The maximum Gasteiger partial charge on any atom is 0.243 e. The number of likely N-dealkylation sites (N-methyl/N-ethyl adjacent to an activating group) is 1. The third kappa shape index (κ3) is 4.76. The maximum atomic E-state index is 13.5. The summed E-state index contributed by atoms with van der Waals surface area (Å²) in [5, 5.41) is 3.59. The van der Waals surface area contributed by atoms with Gasteiger partial charge in [-0.25, -0.2) is 0 Å². The van der Waals surface area contributed by atoms with E-state index in [1.165, 1.54) is 0 Å². The number of ether oxygens (including phenoxy) is 1. The summed E-state index contributed by atoms with van der Waals surface area (Å²) < 4.78 is 5.40. The zero-order valence-corrected chi connectivity index (χ0v) is 19.2. The van der Waals surface area contributed by atoms with Gasteiger partial charge in [-0.15, -0.1) is 0 Å². The number of nitrogens with one attached hydrogen (secondary N) is 1. The van der Waals surface area contributed by atoms with Gasteiger partial charge in [0.15, 0.2) is 0 Å². The highest BCUT2D eigenvalue weighted by molar-refractivity contribution is 6.30. The first kappa shape index (κ1) is 22.6. The maximum absolute atomic E-state index is 13.5. The summed E-state index contributed by atoms with van der Waals surface area (Å²) in [5.41, 5.74) is 2.29. The first-order valence-corrected chi connectivity index (χ1v) is 11.7. The Bertz CT molecular complexity index is 936. The number of anilines is 2. The lowest BCUT2D eigenvalue weighted by Crippen LogP contribution is -2.52. The Kier molecular flexibility index (Phi) is 7.01. The molecule has 0 radical (unpaired) electrons. The highest BCUT2D eigenvalue weighted by Crippen LogP contribution is 2.45. The van der Waals surface area contributed by atoms with Crippen LogP contribution in [0.5, 0.6) is 0 Å². The standard InChI is InChI=1S/C25H30ClN3O3/c1-2-28(24(31)25(12-3-13-25)19-4-6-20(26)7-5-19)18-23(30)27-21-8-10-22(11-9-21)29-14-16-32-17-15-29/h4-11H,2-3,12-18H2,1H3,(H,27,30). The van der Waals surface area contributed by atoms with Crippen LogP contribution in [0.1, 0.15) is 31.7 Å². The van der Waals surface area contributed by atoms with Crippen molar-refractivity contribution >= 4 is 34.8 Å². The van der Waals surface area contributed by atoms with Crippen molar-refractivity contribution in [1.82, 2.24) is 4.90 Å². The summed E-state index contributed by atoms with van der Waals surface area (Å²) in [6.45, 7) is 5.64. The molecule has 0 unspecified atom stereocenters. The number of benzene rings is 2. The van der Waals surface area contributed by atoms with Gasteiger partial charge >= 0.3 is 0 Å². The minimum Gasteiger partial charge on any atom is -0.378 e. The number of carbonyl (C=O) groups is 2. The van der Waals surface area contributed by atoms with Gasteiger partial charge in [0, 0.05) is 36.0 Å². The molecule has 6 nitrogen and oxygen atoms in total. The van der Waals surface area contributed by atoms with Gasteiger partial charge in [-0.1, -0.05) is 30.2 Å². The van der Waals surface area contributed by atoms with Crippen molar-refractivity contribution in [3.8, 4) is 0 Å². The van der Waals surface area contributed by atoms with Gasteiger partial charge in [0.05, 0.1) is 25.2 Å². The van der Waals surface area contributed by atoms with Crippen LogP contribution < -0.4 is 10.2 Å². The highest BCUT2D eigenvalue weighted by Gasteiger charge is 2.47. The van der Waals surface area contributed by atoms with Gasteiger partial charge < -0.3 is 19.9 Å². The van der Waals surface area contributed by atoms with Crippen LogP contribution in [0.2, 0.25) is 5.02 Å². The Balaban J connectivity index is 1.39. The zero-order valence-electron chi connectivity index (χ0n) is 18.5. The van der Waals surface area contributed by atoms with Gasteiger partial charge in [-0.05, 0) is 61.7 Å². The summed E-state index contributed by atoms with van der Waals surface area (Å²) >= 11 is 6.04. The van der Waals surface area contributed by atoms with Crippen LogP contribution in [0.25, 0.3) is 0 Å². The molecule has 4 rings (SSSR count). The topological polar surface area (TPSA) is 61.9 Å². The van der Waals surface area contributed by atoms with Crippen LogP contribution in [0, 0.1) is 0 Å². The molecule has 0 spiro atoms.